The van der Waals surface area contributed by atoms with E-state index in [1.807, 2.05) is 0 Å². The molecule has 0 unspecified atom stereocenters. The minimum absolute atomic E-state index is 0.153. The van der Waals surface area contributed by atoms with Crippen LogP contribution in [0.1, 0.15) is 50.7 Å². The Morgan fingerprint density at radius 2 is 1.65 bits per heavy atom. The third kappa shape index (κ3) is 6.97. The van der Waals surface area contributed by atoms with Crippen molar-refractivity contribution in [2.24, 2.45) is 0 Å². The molecule has 0 bridgehead atoms. The van der Waals surface area contributed by atoms with Crippen molar-refractivity contribution in [3.05, 3.63) is 29.6 Å². The van der Waals surface area contributed by atoms with E-state index in [4.69, 9.17) is 0 Å². The van der Waals surface area contributed by atoms with Gasteiger partial charge in [-0.3, -0.25) is 4.98 Å². The third-order valence-electron chi connectivity index (χ3n) is 2.28. The zero-order valence-corrected chi connectivity index (χ0v) is 10.6. The van der Waals surface area contributed by atoms with Crippen LogP contribution in [0.25, 0.3) is 0 Å². The maximum absolute atomic E-state index is 12.0. The fraction of sp³-hybridized carbons (Fsp3) is 0.615. The van der Waals surface area contributed by atoms with Gasteiger partial charge in [0.2, 0.25) is 0 Å². The topological polar surface area (TPSA) is 12.9 Å². The maximum Gasteiger partial charge on any atom is 0.416 e. The number of halogens is 3. The lowest BCUT2D eigenvalue weighted by Gasteiger charge is -2.07. The van der Waals surface area contributed by atoms with E-state index in [0.717, 1.165) is 12.3 Å². The molecule has 0 aliphatic carbocycles. The minimum atomic E-state index is -4.26. The molecule has 17 heavy (non-hydrogen) atoms. The molecular formula is C13H20F3N. The lowest BCUT2D eigenvalue weighted by Crippen LogP contribution is -2.07. The van der Waals surface area contributed by atoms with Gasteiger partial charge >= 0.3 is 6.18 Å². The largest absolute Gasteiger partial charge is 0.416 e. The van der Waals surface area contributed by atoms with E-state index in [9.17, 15) is 13.2 Å². The van der Waals surface area contributed by atoms with Gasteiger partial charge in [0.05, 0.1) is 5.56 Å². The van der Waals surface area contributed by atoms with Crippen LogP contribution in [0.5, 0.6) is 0 Å². The molecule has 0 aliphatic heterocycles. The van der Waals surface area contributed by atoms with Gasteiger partial charge in [0.25, 0.3) is 0 Å². The van der Waals surface area contributed by atoms with Gasteiger partial charge in [-0.05, 0) is 18.6 Å². The zero-order chi connectivity index (χ0) is 13.3. The van der Waals surface area contributed by atoms with Crippen molar-refractivity contribution in [1.82, 2.24) is 4.98 Å². The van der Waals surface area contributed by atoms with Gasteiger partial charge in [0.1, 0.15) is 0 Å². The molecule has 0 atom stereocenters. The quantitative estimate of drug-likeness (QED) is 0.685. The fourth-order valence-corrected chi connectivity index (χ4v) is 1.29. The molecule has 1 aromatic rings. The first-order chi connectivity index (χ1) is 7.93. The number of unbranched alkanes of at least 4 members (excludes halogenated alkanes) is 3. The van der Waals surface area contributed by atoms with Crippen molar-refractivity contribution in [1.29, 1.82) is 0 Å². The summed E-state index contributed by atoms with van der Waals surface area (Å²) in [5.74, 6) is 0. The molecule has 4 heteroatoms. The molecule has 0 saturated heterocycles. The summed E-state index contributed by atoms with van der Waals surface area (Å²) >= 11 is 0. The summed E-state index contributed by atoms with van der Waals surface area (Å²) in [5.41, 5.74) is -0.465. The lowest BCUT2D eigenvalue weighted by molar-refractivity contribution is -0.138. The average molecular weight is 247 g/mol. The van der Waals surface area contributed by atoms with Crippen LogP contribution in [-0.4, -0.2) is 4.98 Å². The highest BCUT2D eigenvalue weighted by Crippen LogP contribution is 2.30. The second-order valence-corrected chi connectivity index (χ2v) is 3.90. The summed E-state index contributed by atoms with van der Waals surface area (Å²) in [6, 6.07) is 0.968. The van der Waals surface area contributed by atoms with Crippen LogP contribution in [0.4, 0.5) is 13.2 Å². The van der Waals surface area contributed by atoms with Crippen LogP contribution in [-0.2, 0) is 6.18 Å². The zero-order valence-electron chi connectivity index (χ0n) is 10.6. The van der Waals surface area contributed by atoms with Gasteiger partial charge < -0.3 is 0 Å². The first kappa shape index (κ1) is 15.9. The summed E-state index contributed by atoms with van der Waals surface area (Å²) < 4.78 is 36.1. The van der Waals surface area contributed by atoms with Crippen molar-refractivity contribution < 1.29 is 13.2 Å². The van der Waals surface area contributed by atoms with Crippen molar-refractivity contribution in [2.75, 3.05) is 0 Å². The molecule has 98 valence electrons. The number of hydrogen-bond donors (Lipinski definition) is 0. The highest BCUT2D eigenvalue weighted by Gasteiger charge is 2.31. The van der Waals surface area contributed by atoms with Crippen LogP contribution in [0, 0.1) is 6.92 Å². The van der Waals surface area contributed by atoms with Crippen LogP contribution in [0.15, 0.2) is 18.5 Å². The lowest BCUT2D eigenvalue weighted by atomic mass is 10.1. The van der Waals surface area contributed by atoms with Gasteiger partial charge in [0.15, 0.2) is 0 Å². The number of aromatic nitrogens is 1. The van der Waals surface area contributed by atoms with E-state index in [-0.39, 0.29) is 5.56 Å². The molecule has 1 heterocycles. The molecule has 0 aliphatic rings. The van der Waals surface area contributed by atoms with E-state index in [1.54, 1.807) is 0 Å². The van der Waals surface area contributed by atoms with E-state index in [1.165, 1.54) is 38.8 Å². The molecule has 0 fully saturated rings. The Bertz CT molecular complexity index is 304. The molecule has 0 saturated carbocycles. The van der Waals surface area contributed by atoms with Crippen LogP contribution in [0.3, 0.4) is 0 Å². The van der Waals surface area contributed by atoms with E-state index in [0.29, 0.717) is 0 Å². The highest BCUT2D eigenvalue weighted by molar-refractivity contribution is 5.24. The normalized spacial score (nSPS) is 10.7. The summed E-state index contributed by atoms with van der Waals surface area (Å²) in [4.78, 5) is 3.56. The number of rotatable bonds is 3. The smallest absolute Gasteiger partial charge is 0.264 e. The molecule has 0 spiro atoms. The van der Waals surface area contributed by atoms with Gasteiger partial charge in [-0.15, -0.1) is 0 Å². The average Bonchev–Trinajstić information content (AvgIpc) is 2.26. The standard InChI is InChI=1S/C7H6F3N.C6H14/c1-5-4-11-3-2-6(5)7(8,9)10;1-3-5-6-4-2/h2-4H,1H3;3-6H2,1-2H3. The van der Waals surface area contributed by atoms with Crippen LogP contribution < -0.4 is 0 Å². The summed E-state index contributed by atoms with van der Waals surface area (Å²) in [6.45, 7) is 5.85. The van der Waals surface area contributed by atoms with E-state index in [2.05, 4.69) is 18.8 Å². The molecule has 1 rings (SSSR count). The molecule has 1 aromatic heterocycles. The van der Waals surface area contributed by atoms with Crippen molar-refractivity contribution in [3.8, 4) is 0 Å². The van der Waals surface area contributed by atoms with E-state index >= 15 is 0 Å². The number of pyridine rings is 1. The minimum Gasteiger partial charge on any atom is -0.264 e. The van der Waals surface area contributed by atoms with Gasteiger partial charge in [-0.1, -0.05) is 39.5 Å². The molecule has 0 N–H and O–H groups in total. The predicted molar refractivity (Wildman–Crippen MR) is 63.8 cm³/mol. The summed E-state index contributed by atoms with van der Waals surface area (Å²) in [6.07, 6.45) is 3.61. The maximum atomic E-state index is 12.0. The third-order valence-corrected chi connectivity index (χ3v) is 2.28. The van der Waals surface area contributed by atoms with Crippen LogP contribution in [0.2, 0.25) is 0 Å². The first-order valence-corrected chi connectivity index (χ1v) is 5.91. The second-order valence-electron chi connectivity index (χ2n) is 3.90. The van der Waals surface area contributed by atoms with Crippen molar-refractivity contribution >= 4 is 0 Å². The molecule has 0 radical (unpaired) electrons. The Balaban J connectivity index is 0.000000366. The molecule has 1 nitrogen and oxygen atoms in total. The number of nitrogens with zero attached hydrogens (tertiary/aromatic N) is 1. The fourth-order valence-electron chi connectivity index (χ4n) is 1.29. The van der Waals surface area contributed by atoms with Crippen molar-refractivity contribution in [3.63, 3.8) is 0 Å². The SMILES string of the molecule is CCCCCC.Cc1cnccc1C(F)(F)F. The van der Waals surface area contributed by atoms with Crippen LogP contribution >= 0.6 is 0 Å². The molecular weight excluding hydrogens is 227 g/mol. The predicted octanol–water partition coefficient (Wildman–Crippen LogP) is 5.00. The Morgan fingerprint density at radius 3 is 1.94 bits per heavy atom. The number of hydrogen-bond acceptors (Lipinski definition) is 1. The number of aryl methyl sites for hydroxylation is 1. The highest BCUT2D eigenvalue weighted by atomic mass is 19.4. The monoisotopic (exact) mass is 247 g/mol. The second kappa shape index (κ2) is 8.09. The Hall–Kier alpha value is -1.06. The molecule has 0 aromatic carbocycles. The van der Waals surface area contributed by atoms with Gasteiger partial charge in [-0.25, -0.2) is 0 Å². The Labute approximate surface area is 101 Å². The molecule has 0 amide bonds. The summed E-state index contributed by atoms with van der Waals surface area (Å²) in [5, 5.41) is 0. The van der Waals surface area contributed by atoms with Crippen molar-refractivity contribution in [2.45, 2.75) is 52.6 Å². The van der Waals surface area contributed by atoms with E-state index < -0.39 is 11.7 Å². The first-order valence-electron chi connectivity index (χ1n) is 5.91. The Morgan fingerprint density at radius 1 is 1.12 bits per heavy atom. The summed E-state index contributed by atoms with van der Waals surface area (Å²) in [7, 11) is 0. The number of alkyl halides is 3. The van der Waals surface area contributed by atoms with Gasteiger partial charge in [-0.2, -0.15) is 13.2 Å². The Kier molecular flexibility index (Phi) is 7.59. The van der Waals surface area contributed by atoms with Gasteiger partial charge in [0, 0.05) is 12.4 Å².